The van der Waals surface area contributed by atoms with Gasteiger partial charge in [0.1, 0.15) is 6.54 Å². The minimum atomic E-state index is -0.425. The molecule has 1 aromatic heterocycles. The van der Waals surface area contributed by atoms with E-state index in [0.717, 1.165) is 36.1 Å². The van der Waals surface area contributed by atoms with Crippen LogP contribution in [-0.4, -0.2) is 39.1 Å². The summed E-state index contributed by atoms with van der Waals surface area (Å²) < 4.78 is 0. The van der Waals surface area contributed by atoms with E-state index in [4.69, 9.17) is 0 Å². The second-order valence-corrected chi connectivity index (χ2v) is 6.97. The van der Waals surface area contributed by atoms with Gasteiger partial charge < -0.3 is 5.32 Å². The molecule has 1 saturated carbocycles. The zero-order valence-corrected chi connectivity index (χ0v) is 14.8. The Morgan fingerprint density at radius 2 is 1.59 bits per heavy atom. The van der Waals surface area contributed by atoms with Crippen molar-refractivity contribution >= 4 is 23.4 Å². The molecule has 1 aliphatic carbocycles. The van der Waals surface area contributed by atoms with Gasteiger partial charge >= 0.3 is 0 Å². The number of hydrogen-bond acceptors (Lipinski definition) is 5. The van der Waals surface area contributed by atoms with Crippen molar-refractivity contribution in [3.8, 4) is 11.4 Å². The summed E-state index contributed by atoms with van der Waals surface area (Å²) in [7, 11) is 0. The molecule has 3 amide bonds. The minimum Gasteiger partial charge on any atom is -0.322 e. The van der Waals surface area contributed by atoms with Crippen molar-refractivity contribution in [1.82, 2.24) is 14.9 Å². The van der Waals surface area contributed by atoms with E-state index in [1.54, 1.807) is 0 Å². The molecule has 1 N–H and O–H groups in total. The Balaban J connectivity index is 1.39. The number of imide groups is 1. The highest BCUT2D eigenvalue weighted by atomic mass is 16.2. The number of aromatic nitrogens is 2. The zero-order valence-electron chi connectivity index (χ0n) is 14.8. The fourth-order valence-corrected chi connectivity index (χ4v) is 3.86. The standard InChI is InChI=1S/C20H20N4O3/c25-17(12-24-19(26)15-8-4-5-9-16(15)20(24)27)23-14-10-21-18(22-11-14)13-6-2-1-3-7-13/h1-3,6-7,10-11,15-16H,4-5,8-9,12H2,(H,23,25). The molecule has 4 rings (SSSR count). The molecule has 7 heteroatoms. The predicted molar refractivity (Wildman–Crippen MR) is 98.3 cm³/mol. The van der Waals surface area contributed by atoms with Crippen LogP contribution >= 0.6 is 0 Å². The highest BCUT2D eigenvalue weighted by molar-refractivity contribution is 6.08. The summed E-state index contributed by atoms with van der Waals surface area (Å²) in [6.45, 7) is -0.259. The van der Waals surface area contributed by atoms with E-state index in [1.807, 2.05) is 30.3 Å². The molecule has 0 spiro atoms. The predicted octanol–water partition coefficient (Wildman–Crippen LogP) is 2.26. The van der Waals surface area contributed by atoms with Gasteiger partial charge in [0.25, 0.3) is 0 Å². The van der Waals surface area contributed by atoms with E-state index in [9.17, 15) is 14.4 Å². The van der Waals surface area contributed by atoms with Crippen LogP contribution in [0.25, 0.3) is 11.4 Å². The number of anilines is 1. The lowest BCUT2D eigenvalue weighted by molar-refractivity contribution is -0.142. The van der Waals surface area contributed by atoms with E-state index in [1.165, 1.54) is 12.4 Å². The number of fused-ring (bicyclic) bond motifs is 1. The van der Waals surface area contributed by atoms with Crippen molar-refractivity contribution in [2.45, 2.75) is 25.7 Å². The number of benzene rings is 1. The van der Waals surface area contributed by atoms with E-state index in [2.05, 4.69) is 15.3 Å². The van der Waals surface area contributed by atoms with Crippen LogP contribution in [0.15, 0.2) is 42.7 Å². The summed E-state index contributed by atoms with van der Waals surface area (Å²) >= 11 is 0. The topological polar surface area (TPSA) is 92.3 Å². The van der Waals surface area contributed by atoms with E-state index < -0.39 is 5.91 Å². The number of carbonyl (C=O) groups excluding carboxylic acids is 3. The van der Waals surface area contributed by atoms with Crippen LogP contribution in [0.1, 0.15) is 25.7 Å². The number of rotatable bonds is 4. The number of nitrogens with zero attached hydrogens (tertiary/aromatic N) is 3. The van der Waals surface area contributed by atoms with E-state index in [0.29, 0.717) is 11.5 Å². The van der Waals surface area contributed by atoms with Crippen LogP contribution in [0.3, 0.4) is 0 Å². The average Bonchev–Trinajstić information content (AvgIpc) is 2.94. The summed E-state index contributed by atoms with van der Waals surface area (Å²) in [5.41, 5.74) is 1.31. The molecule has 1 aliphatic heterocycles. The second-order valence-electron chi connectivity index (χ2n) is 6.97. The zero-order chi connectivity index (χ0) is 18.8. The highest BCUT2D eigenvalue weighted by Gasteiger charge is 2.48. The van der Waals surface area contributed by atoms with Gasteiger partial charge in [0.05, 0.1) is 29.9 Å². The number of amides is 3. The Kier molecular flexibility index (Phi) is 4.66. The van der Waals surface area contributed by atoms with Crippen molar-refractivity contribution in [3.05, 3.63) is 42.7 Å². The Labute approximate surface area is 156 Å². The van der Waals surface area contributed by atoms with Gasteiger partial charge in [0.2, 0.25) is 17.7 Å². The molecule has 0 radical (unpaired) electrons. The summed E-state index contributed by atoms with van der Waals surface area (Å²) in [6, 6.07) is 9.51. The first-order valence-corrected chi connectivity index (χ1v) is 9.16. The molecule has 2 aliphatic rings. The van der Waals surface area contributed by atoms with Gasteiger partial charge in [0.15, 0.2) is 5.82 Å². The molecule has 2 unspecified atom stereocenters. The fourth-order valence-electron chi connectivity index (χ4n) is 3.86. The van der Waals surface area contributed by atoms with Crippen molar-refractivity contribution in [3.63, 3.8) is 0 Å². The maximum Gasteiger partial charge on any atom is 0.244 e. The normalized spacial score (nSPS) is 21.9. The van der Waals surface area contributed by atoms with Crippen LogP contribution in [0.5, 0.6) is 0 Å². The summed E-state index contributed by atoms with van der Waals surface area (Å²) in [4.78, 5) is 46.8. The minimum absolute atomic E-state index is 0.212. The van der Waals surface area contributed by atoms with Crippen LogP contribution in [0.2, 0.25) is 0 Å². The van der Waals surface area contributed by atoms with Gasteiger partial charge in [-0.05, 0) is 12.8 Å². The van der Waals surface area contributed by atoms with Gasteiger partial charge in [-0.2, -0.15) is 0 Å². The number of likely N-dealkylation sites (tertiary alicyclic amines) is 1. The molecule has 0 bridgehead atoms. The Hall–Kier alpha value is -3.09. The smallest absolute Gasteiger partial charge is 0.244 e. The molecule has 2 fully saturated rings. The molecule has 27 heavy (non-hydrogen) atoms. The van der Waals surface area contributed by atoms with Gasteiger partial charge in [0, 0.05) is 5.56 Å². The van der Waals surface area contributed by atoms with Crippen LogP contribution in [0, 0.1) is 11.8 Å². The second kappa shape index (κ2) is 7.26. The van der Waals surface area contributed by atoms with Crippen molar-refractivity contribution in [1.29, 1.82) is 0 Å². The maximum atomic E-state index is 12.4. The average molecular weight is 364 g/mol. The molecular weight excluding hydrogens is 344 g/mol. The third-order valence-electron chi connectivity index (χ3n) is 5.20. The molecule has 2 atom stereocenters. The summed E-state index contributed by atoms with van der Waals surface area (Å²) in [5, 5.41) is 2.66. The third kappa shape index (κ3) is 3.45. The molecule has 7 nitrogen and oxygen atoms in total. The first-order chi connectivity index (χ1) is 13.1. The lowest BCUT2D eigenvalue weighted by Crippen LogP contribution is -2.38. The van der Waals surface area contributed by atoms with Crippen molar-refractivity contribution in [2.24, 2.45) is 11.8 Å². The number of nitrogens with one attached hydrogen (secondary N) is 1. The molecule has 2 heterocycles. The third-order valence-corrected chi connectivity index (χ3v) is 5.20. The fraction of sp³-hybridized carbons (Fsp3) is 0.350. The molecular formula is C20H20N4O3. The Morgan fingerprint density at radius 3 is 2.19 bits per heavy atom. The van der Waals surface area contributed by atoms with Gasteiger partial charge in [-0.15, -0.1) is 0 Å². The molecule has 1 saturated heterocycles. The number of carbonyl (C=O) groups is 3. The van der Waals surface area contributed by atoms with Crippen LogP contribution in [-0.2, 0) is 14.4 Å². The van der Waals surface area contributed by atoms with Crippen molar-refractivity contribution in [2.75, 3.05) is 11.9 Å². The van der Waals surface area contributed by atoms with Crippen LogP contribution in [0.4, 0.5) is 5.69 Å². The first kappa shape index (κ1) is 17.3. The molecule has 2 aromatic rings. The van der Waals surface area contributed by atoms with Gasteiger partial charge in [-0.1, -0.05) is 43.2 Å². The summed E-state index contributed by atoms with van der Waals surface area (Å²) in [5.74, 6) is -0.778. The lowest BCUT2D eigenvalue weighted by atomic mass is 9.81. The SMILES string of the molecule is O=C(CN1C(=O)C2CCCCC2C1=O)Nc1cnc(-c2ccccc2)nc1. The monoisotopic (exact) mass is 364 g/mol. The lowest BCUT2D eigenvalue weighted by Gasteiger charge is -2.19. The molecule has 138 valence electrons. The first-order valence-electron chi connectivity index (χ1n) is 9.16. The maximum absolute atomic E-state index is 12.4. The van der Waals surface area contributed by atoms with Crippen LogP contribution < -0.4 is 5.32 Å². The summed E-state index contributed by atoms with van der Waals surface area (Å²) in [6.07, 6.45) is 6.43. The quantitative estimate of drug-likeness (QED) is 0.840. The Morgan fingerprint density at radius 1 is 1.00 bits per heavy atom. The molecule has 1 aromatic carbocycles. The largest absolute Gasteiger partial charge is 0.322 e. The van der Waals surface area contributed by atoms with Gasteiger partial charge in [-0.25, -0.2) is 9.97 Å². The van der Waals surface area contributed by atoms with E-state index >= 15 is 0 Å². The van der Waals surface area contributed by atoms with Crippen molar-refractivity contribution < 1.29 is 14.4 Å². The number of hydrogen-bond donors (Lipinski definition) is 1. The highest BCUT2D eigenvalue weighted by Crippen LogP contribution is 2.37. The van der Waals surface area contributed by atoms with Gasteiger partial charge in [-0.3, -0.25) is 19.3 Å². The van der Waals surface area contributed by atoms with E-state index in [-0.39, 0.29) is 30.2 Å². The Bertz CT molecular complexity index is 843.